The minimum absolute atomic E-state index is 0.195. The summed E-state index contributed by atoms with van der Waals surface area (Å²) < 4.78 is 6.43. The number of phenols is 1. The molecule has 4 unspecified atom stereocenters. The van der Waals surface area contributed by atoms with E-state index >= 15 is 0 Å². The molecule has 0 amide bonds. The third-order valence-corrected chi connectivity index (χ3v) is 7.41. The third kappa shape index (κ3) is 3.05. The van der Waals surface area contributed by atoms with E-state index in [4.69, 9.17) is 4.74 Å². The lowest BCUT2D eigenvalue weighted by molar-refractivity contribution is -0.00534. The average Bonchev–Trinajstić information content (AvgIpc) is 3.16. The van der Waals surface area contributed by atoms with E-state index in [-0.39, 0.29) is 11.5 Å². The highest BCUT2D eigenvalue weighted by Gasteiger charge is 2.45. The van der Waals surface area contributed by atoms with E-state index in [9.17, 15) is 5.11 Å². The highest BCUT2D eigenvalue weighted by atomic mass is 16.5. The molecule has 148 valence electrons. The summed E-state index contributed by atoms with van der Waals surface area (Å²) in [5, 5.41) is 10.5. The Morgan fingerprint density at radius 1 is 1.14 bits per heavy atom. The second kappa shape index (κ2) is 6.89. The molecule has 4 atom stereocenters. The van der Waals surface area contributed by atoms with Crippen molar-refractivity contribution in [1.29, 1.82) is 0 Å². The molecule has 1 aliphatic carbocycles. The first-order valence-electron chi connectivity index (χ1n) is 10.8. The highest BCUT2D eigenvalue weighted by molar-refractivity contribution is 5.50. The molecule has 5 rings (SSSR count). The van der Waals surface area contributed by atoms with Gasteiger partial charge in [-0.3, -0.25) is 4.90 Å². The van der Waals surface area contributed by atoms with Crippen molar-refractivity contribution in [2.24, 2.45) is 0 Å². The first kappa shape index (κ1) is 18.2. The number of nitrogens with zero attached hydrogens (tertiary/aromatic N) is 1. The van der Waals surface area contributed by atoms with Crippen LogP contribution in [0.1, 0.15) is 61.0 Å². The summed E-state index contributed by atoms with van der Waals surface area (Å²) >= 11 is 0. The minimum Gasteiger partial charge on any atom is -0.508 e. The molecule has 2 fully saturated rings. The number of benzene rings is 2. The van der Waals surface area contributed by atoms with Gasteiger partial charge in [0.15, 0.2) is 0 Å². The quantitative estimate of drug-likeness (QED) is 0.826. The smallest absolute Gasteiger partial charge is 0.119 e. The maximum atomic E-state index is 10.5. The number of phenolic OH excluding ortho intramolecular Hbond substituents is 1. The fourth-order valence-corrected chi connectivity index (χ4v) is 6.04. The summed E-state index contributed by atoms with van der Waals surface area (Å²) in [6, 6.07) is 15.1. The number of aromatic hydroxyl groups is 1. The Labute approximate surface area is 168 Å². The van der Waals surface area contributed by atoms with Crippen molar-refractivity contribution in [2.45, 2.75) is 69.6 Å². The molecule has 3 aliphatic rings. The molecule has 2 aromatic carbocycles. The molecular formula is C25H31NO2. The molecule has 0 aromatic heterocycles. The van der Waals surface area contributed by atoms with Crippen molar-refractivity contribution in [3.05, 3.63) is 64.7 Å². The minimum atomic E-state index is 0.195. The van der Waals surface area contributed by atoms with Gasteiger partial charge >= 0.3 is 0 Å². The molecule has 2 aliphatic heterocycles. The van der Waals surface area contributed by atoms with Crippen LogP contribution in [0.3, 0.4) is 0 Å². The predicted octanol–water partition coefficient (Wildman–Crippen LogP) is 4.90. The lowest BCUT2D eigenvalue weighted by atomic mass is 9.63. The summed E-state index contributed by atoms with van der Waals surface area (Å²) in [5.74, 6) is 0.486. The van der Waals surface area contributed by atoms with E-state index in [1.54, 1.807) is 0 Å². The van der Waals surface area contributed by atoms with Crippen LogP contribution in [0, 0.1) is 6.92 Å². The van der Waals surface area contributed by atoms with Crippen molar-refractivity contribution >= 4 is 0 Å². The number of fused-ring (bicyclic) bond motifs is 4. The van der Waals surface area contributed by atoms with Gasteiger partial charge in [-0.15, -0.1) is 0 Å². The maximum Gasteiger partial charge on any atom is 0.119 e. The Morgan fingerprint density at radius 3 is 2.79 bits per heavy atom. The van der Waals surface area contributed by atoms with Gasteiger partial charge in [-0.2, -0.15) is 0 Å². The van der Waals surface area contributed by atoms with Crippen LogP contribution in [0.25, 0.3) is 0 Å². The Morgan fingerprint density at radius 2 is 1.96 bits per heavy atom. The molecule has 28 heavy (non-hydrogen) atoms. The van der Waals surface area contributed by atoms with Crippen molar-refractivity contribution in [3.8, 4) is 5.75 Å². The van der Waals surface area contributed by atoms with Gasteiger partial charge in [0.25, 0.3) is 0 Å². The monoisotopic (exact) mass is 377 g/mol. The number of ether oxygens (including phenoxy) is 1. The highest BCUT2D eigenvalue weighted by Crippen LogP contribution is 2.48. The van der Waals surface area contributed by atoms with Crippen LogP contribution >= 0.6 is 0 Å². The molecule has 2 aromatic rings. The van der Waals surface area contributed by atoms with Gasteiger partial charge in [-0.1, -0.05) is 43.3 Å². The molecule has 0 spiro atoms. The molecule has 2 saturated heterocycles. The zero-order valence-corrected chi connectivity index (χ0v) is 17.0. The SMILES string of the molecule is Cc1ccc(O)c2c1C1(C)CCN(CC3CCC(c4ccccc4)O3)C(C2)C1. The fraction of sp³-hybridized carbons (Fsp3) is 0.520. The molecule has 2 heterocycles. The lowest BCUT2D eigenvalue weighted by Gasteiger charge is -2.51. The molecular weight excluding hydrogens is 346 g/mol. The van der Waals surface area contributed by atoms with Gasteiger partial charge in [0, 0.05) is 12.6 Å². The number of hydrogen-bond donors (Lipinski definition) is 1. The molecule has 1 N–H and O–H groups in total. The maximum absolute atomic E-state index is 10.5. The Kier molecular flexibility index (Phi) is 4.48. The van der Waals surface area contributed by atoms with E-state index in [1.165, 1.54) is 28.7 Å². The normalized spacial score (nSPS) is 32.3. The lowest BCUT2D eigenvalue weighted by Crippen LogP contribution is -2.54. The van der Waals surface area contributed by atoms with Crippen LogP contribution in [-0.2, 0) is 16.6 Å². The third-order valence-electron chi connectivity index (χ3n) is 7.41. The van der Waals surface area contributed by atoms with E-state index in [1.807, 2.05) is 6.07 Å². The average molecular weight is 378 g/mol. The number of piperidine rings is 1. The van der Waals surface area contributed by atoms with Crippen LogP contribution in [0.2, 0.25) is 0 Å². The van der Waals surface area contributed by atoms with Crippen LogP contribution in [-0.4, -0.2) is 35.2 Å². The van der Waals surface area contributed by atoms with Crippen molar-refractivity contribution in [1.82, 2.24) is 4.90 Å². The Hall–Kier alpha value is -1.84. The van der Waals surface area contributed by atoms with E-state index in [2.05, 4.69) is 55.1 Å². The van der Waals surface area contributed by atoms with E-state index in [0.29, 0.717) is 17.9 Å². The largest absolute Gasteiger partial charge is 0.508 e. The van der Waals surface area contributed by atoms with Crippen molar-refractivity contribution < 1.29 is 9.84 Å². The summed E-state index contributed by atoms with van der Waals surface area (Å²) in [7, 11) is 0. The van der Waals surface area contributed by atoms with Crippen molar-refractivity contribution in [2.75, 3.05) is 13.1 Å². The van der Waals surface area contributed by atoms with Crippen LogP contribution < -0.4 is 0 Å². The number of aryl methyl sites for hydroxylation is 1. The zero-order valence-electron chi connectivity index (χ0n) is 17.0. The predicted molar refractivity (Wildman–Crippen MR) is 112 cm³/mol. The standard InChI is InChI=1S/C25H31NO2/c1-17-8-10-22(27)21-14-19-15-25(2,24(17)21)12-13-26(19)16-20-9-11-23(28-20)18-6-4-3-5-7-18/h3-8,10,19-20,23,27H,9,11-16H2,1-2H3. The topological polar surface area (TPSA) is 32.7 Å². The zero-order chi connectivity index (χ0) is 19.3. The number of rotatable bonds is 3. The fourth-order valence-electron chi connectivity index (χ4n) is 6.04. The summed E-state index contributed by atoms with van der Waals surface area (Å²) in [4.78, 5) is 2.64. The van der Waals surface area contributed by atoms with Gasteiger partial charge < -0.3 is 9.84 Å². The summed E-state index contributed by atoms with van der Waals surface area (Å²) in [6.45, 7) is 6.75. The number of likely N-dealkylation sites (tertiary alicyclic amines) is 1. The second-order valence-electron chi connectivity index (χ2n) is 9.36. The summed E-state index contributed by atoms with van der Waals surface area (Å²) in [6.07, 6.45) is 6.15. The van der Waals surface area contributed by atoms with E-state index in [0.717, 1.165) is 38.8 Å². The molecule has 3 nitrogen and oxygen atoms in total. The number of hydrogen-bond acceptors (Lipinski definition) is 3. The van der Waals surface area contributed by atoms with E-state index < -0.39 is 0 Å². The summed E-state index contributed by atoms with van der Waals surface area (Å²) in [5.41, 5.74) is 5.46. The first-order valence-corrected chi connectivity index (χ1v) is 10.8. The van der Waals surface area contributed by atoms with Crippen LogP contribution in [0.15, 0.2) is 42.5 Å². The molecule has 0 radical (unpaired) electrons. The second-order valence-corrected chi connectivity index (χ2v) is 9.36. The molecule has 0 saturated carbocycles. The Balaban J connectivity index is 1.31. The van der Waals surface area contributed by atoms with Crippen molar-refractivity contribution in [3.63, 3.8) is 0 Å². The van der Waals surface area contributed by atoms with Gasteiger partial charge in [0.05, 0.1) is 12.2 Å². The molecule has 2 bridgehead atoms. The van der Waals surface area contributed by atoms with Crippen LogP contribution in [0.5, 0.6) is 5.75 Å². The van der Waals surface area contributed by atoms with Gasteiger partial charge in [0.1, 0.15) is 5.75 Å². The first-order chi connectivity index (χ1) is 13.5. The van der Waals surface area contributed by atoms with Crippen LogP contribution in [0.4, 0.5) is 0 Å². The van der Waals surface area contributed by atoms with Gasteiger partial charge in [0.2, 0.25) is 0 Å². The van der Waals surface area contributed by atoms with Gasteiger partial charge in [-0.05, 0) is 79.3 Å². The van der Waals surface area contributed by atoms with Gasteiger partial charge in [-0.25, -0.2) is 0 Å². The molecule has 3 heteroatoms. The Bertz CT molecular complexity index is 864.